The summed E-state index contributed by atoms with van der Waals surface area (Å²) in [6, 6.07) is 13.4. The molecule has 0 fully saturated rings. The Bertz CT molecular complexity index is 1290. The fourth-order valence-electron chi connectivity index (χ4n) is 3.48. The van der Waals surface area contributed by atoms with Crippen LogP contribution in [0.15, 0.2) is 53.1 Å². The summed E-state index contributed by atoms with van der Waals surface area (Å²) in [4.78, 5) is 19.2. The molecule has 7 nitrogen and oxygen atoms in total. The van der Waals surface area contributed by atoms with Gasteiger partial charge in [0.1, 0.15) is 17.4 Å². The maximum atomic E-state index is 12.8. The van der Waals surface area contributed by atoms with E-state index in [-0.39, 0.29) is 11.9 Å². The molecule has 2 heterocycles. The third-order valence-corrected chi connectivity index (χ3v) is 6.96. The van der Waals surface area contributed by atoms with Crippen LogP contribution in [0.3, 0.4) is 0 Å². The molecule has 4 rings (SSSR count). The summed E-state index contributed by atoms with van der Waals surface area (Å²) in [7, 11) is 3.37. The van der Waals surface area contributed by atoms with Crippen molar-refractivity contribution in [1.29, 1.82) is 0 Å². The monoisotopic (exact) mass is 477 g/mol. The van der Waals surface area contributed by atoms with Gasteiger partial charge in [-0.05, 0) is 56.7 Å². The second kappa shape index (κ2) is 10.1. The van der Waals surface area contributed by atoms with Crippen molar-refractivity contribution in [3.8, 4) is 11.5 Å². The van der Waals surface area contributed by atoms with Crippen molar-refractivity contribution in [1.82, 2.24) is 15.0 Å². The Morgan fingerprint density at radius 1 is 1.21 bits per heavy atom. The number of nitrogens with zero attached hydrogens (tertiary/aromatic N) is 3. The number of hydrogen-bond acceptors (Lipinski definition) is 7. The van der Waals surface area contributed by atoms with Crippen molar-refractivity contribution in [2.45, 2.75) is 33.4 Å². The SMILES string of the molecule is COc1cc(C=CC(=O)N(C)C(C)c2nc3ccccc3s2)ccc1OCc1c(C)noc1C. The van der Waals surface area contributed by atoms with Crippen LogP contribution in [0.4, 0.5) is 0 Å². The zero-order valence-electron chi connectivity index (χ0n) is 19.9. The van der Waals surface area contributed by atoms with Gasteiger partial charge < -0.3 is 18.9 Å². The van der Waals surface area contributed by atoms with Crippen molar-refractivity contribution in [2.24, 2.45) is 0 Å². The summed E-state index contributed by atoms with van der Waals surface area (Å²) in [5.41, 5.74) is 3.51. The molecular weight excluding hydrogens is 450 g/mol. The van der Waals surface area contributed by atoms with Gasteiger partial charge in [0.15, 0.2) is 11.5 Å². The van der Waals surface area contributed by atoms with E-state index in [1.54, 1.807) is 42.5 Å². The van der Waals surface area contributed by atoms with Crippen LogP contribution in [-0.2, 0) is 11.4 Å². The van der Waals surface area contributed by atoms with E-state index >= 15 is 0 Å². The minimum atomic E-state index is -0.135. The Morgan fingerprint density at radius 3 is 2.71 bits per heavy atom. The minimum Gasteiger partial charge on any atom is -0.493 e. The summed E-state index contributed by atoms with van der Waals surface area (Å²) in [6.07, 6.45) is 3.33. The number of amides is 1. The molecule has 176 valence electrons. The first-order chi connectivity index (χ1) is 16.4. The average molecular weight is 478 g/mol. The van der Waals surface area contributed by atoms with E-state index in [0.29, 0.717) is 18.1 Å². The van der Waals surface area contributed by atoms with Crippen LogP contribution in [0.5, 0.6) is 11.5 Å². The molecule has 0 radical (unpaired) electrons. The molecule has 1 atom stereocenters. The summed E-state index contributed by atoms with van der Waals surface area (Å²) in [5.74, 6) is 1.81. The predicted molar refractivity (Wildman–Crippen MR) is 133 cm³/mol. The summed E-state index contributed by atoms with van der Waals surface area (Å²) in [6.45, 7) is 6.05. The van der Waals surface area contributed by atoms with Crippen molar-refractivity contribution in [2.75, 3.05) is 14.2 Å². The van der Waals surface area contributed by atoms with E-state index in [9.17, 15) is 4.79 Å². The number of methoxy groups -OCH3 is 1. The lowest BCUT2D eigenvalue weighted by Crippen LogP contribution is -2.27. The van der Waals surface area contributed by atoms with Crippen molar-refractivity contribution >= 4 is 33.5 Å². The number of thiazole rings is 1. The molecule has 0 saturated carbocycles. The molecular formula is C26H27N3O4S. The van der Waals surface area contributed by atoms with Gasteiger partial charge in [-0.15, -0.1) is 11.3 Å². The third kappa shape index (κ3) is 4.97. The Morgan fingerprint density at radius 2 is 2.00 bits per heavy atom. The van der Waals surface area contributed by atoms with E-state index < -0.39 is 0 Å². The van der Waals surface area contributed by atoms with E-state index in [4.69, 9.17) is 14.0 Å². The second-order valence-corrected chi connectivity index (χ2v) is 9.04. The topological polar surface area (TPSA) is 77.7 Å². The number of para-hydroxylation sites is 1. The Kier molecular flexibility index (Phi) is 6.98. The highest BCUT2D eigenvalue weighted by Crippen LogP contribution is 2.31. The lowest BCUT2D eigenvalue weighted by Gasteiger charge is -2.21. The molecule has 0 bridgehead atoms. The molecule has 4 aromatic rings. The molecule has 2 aromatic heterocycles. The number of carbonyl (C=O) groups excluding carboxylic acids is 1. The normalized spacial score (nSPS) is 12.3. The average Bonchev–Trinajstić information content (AvgIpc) is 3.43. The summed E-state index contributed by atoms with van der Waals surface area (Å²) < 4.78 is 17.7. The van der Waals surface area contributed by atoms with Gasteiger partial charge in [0.2, 0.25) is 5.91 Å². The zero-order chi connectivity index (χ0) is 24.2. The molecule has 1 unspecified atom stereocenters. The summed E-state index contributed by atoms with van der Waals surface area (Å²) in [5, 5.41) is 4.86. The fourth-order valence-corrected chi connectivity index (χ4v) is 4.54. The molecule has 2 aromatic carbocycles. The maximum absolute atomic E-state index is 12.8. The maximum Gasteiger partial charge on any atom is 0.246 e. The molecule has 0 spiro atoms. The van der Waals surface area contributed by atoms with Crippen LogP contribution in [0.1, 0.15) is 40.6 Å². The number of carbonyl (C=O) groups is 1. The van der Waals surface area contributed by atoms with Gasteiger partial charge in [0, 0.05) is 13.1 Å². The van der Waals surface area contributed by atoms with Gasteiger partial charge in [0.25, 0.3) is 0 Å². The molecule has 34 heavy (non-hydrogen) atoms. The quantitative estimate of drug-likeness (QED) is 0.302. The predicted octanol–water partition coefficient (Wildman–Crippen LogP) is 5.72. The van der Waals surface area contributed by atoms with Crippen molar-refractivity contribution < 1.29 is 18.8 Å². The first-order valence-electron chi connectivity index (χ1n) is 10.9. The molecule has 0 aliphatic heterocycles. The minimum absolute atomic E-state index is 0.107. The highest BCUT2D eigenvalue weighted by molar-refractivity contribution is 7.18. The van der Waals surface area contributed by atoms with Crippen LogP contribution < -0.4 is 9.47 Å². The van der Waals surface area contributed by atoms with E-state index in [2.05, 4.69) is 10.1 Å². The number of hydrogen-bond donors (Lipinski definition) is 0. The Hall–Kier alpha value is -3.65. The van der Waals surface area contributed by atoms with Crippen LogP contribution in [0.2, 0.25) is 0 Å². The first-order valence-corrected chi connectivity index (χ1v) is 11.7. The van der Waals surface area contributed by atoms with Crippen LogP contribution in [0.25, 0.3) is 16.3 Å². The number of benzene rings is 2. The van der Waals surface area contributed by atoms with Gasteiger partial charge in [-0.1, -0.05) is 23.4 Å². The van der Waals surface area contributed by atoms with Gasteiger partial charge in [-0.2, -0.15) is 0 Å². The molecule has 0 aliphatic rings. The van der Waals surface area contributed by atoms with Crippen LogP contribution >= 0.6 is 11.3 Å². The Labute approximate surface area is 202 Å². The second-order valence-electron chi connectivity index (χ2n) is 7.98. The van der Waals surface area contributed by atoms with Gasteiger partial charge in [0.05, 0.1) is 34.6 Å². The highest BCUT2D eigenvalue weighted by atomic mass is 32.1. The smallest absolute Gasteiger partial charge is 0.246 e. The molecule has 0 saturated heterocycles. The highest BCUT2D eigenvalue weighted by Gasteiger charge is 2.19. The van der Waals surface area contributed by atoms with Gasteiger partial charge >= 0.3 is 0 Å². The summed E-state index contributed by atoms with van der Waals surface area (Å²) >= 11 is 1.61. The number of aromatic nitrogens is 2. The lowest BCUT2D eigenvalue weighted by molar-refractivity contribution is -0.126. The van der Waals surface area contributed by atoms with E-state index in [1.165, 1.54) is 0 Å². The molecule has 0 aliphatic carbocycles. The zero-order valence-corrected chi connectivity index (χ0v) is 20.7. The van der Waals surface area contributed by atoms with Crippen LogP contribution in [-0.4, -0.2) is 35.1 Å². The number of likely N-dealkylation sites (N-methyl/N-ethyl adjacent to an activating group) is 1. The van der Waals surface area contributed by atoms with Gasteiger partial charge in [-0.3, -0.25) is 4.79 Å². The van der Waals surface area contributed by atoms with Crippen LogP contribution in [0, 0.1) is 13.8 Å². The molecule has 1 amide bonds. The molecule has 0 N–H and O–H groups in total. The van der Waals surface area contributed by atoms with Crippen molar-refractivity contribution in [3.63, 3.8) is 0 Å². The van der Waals surface area contributed by atoms with E-state index in [0.717, 1.165) is 37.8 Å². The lowest BCUT2D eigenvalue weighted by atomic mass is 10.1. The molecule has 8 heteroatoms. The fraction of sp³-hybridized carbons (Fsp3) is 0.269. The first kappa shape index (κ1) is 23.5. The third-order valence-electron chi connectivity index (χ3n) is 5.76. The Balaban J connectivity index is 1.43. The number of fused-ring (bicyclic) bond motifs is 1. The number of rotatable bonds is 8. The number of ether oxygens (including phenoxy) is 2. The number of aryl methyl sites for hydroxylation is 2. The van der Waals surface area contributed by atoms with Crippen molar-refractivity contribution in [3.05, 3.63) is 76.1 Å². The standard InChI is InChI=1S/C26H27N3O4S/c1-16-20(18(3)33-28-16)15-32-22-12-10-19(14-23(22)31-5)11-13-25(30)29(4)17(2)26-27-21-8-6-7-9-24(21)34-26/h6-14,17H,15H2,1-5H3. The van der Waals surface area contributed by atoms with Gasteiger partial charge in [-0.25, -0.2) is 4.98 Å². The van der Waals surface area contributed by atoms with E-state index in [1.807, 2.05) is 63.2 Å². The largest absolute Gasteiger partial charge is 0.493 e.